The molecule has 2 aromatic rings. The third kappa shape index (κ3) is 4.05. The summed E-state index contributed by atoms with van der Waals surface area (Å²) in [6.45, 7) is 10.3. The van der Waals surface area contributed by atoms with E-state index in [4.69, 9.17) is 4.74 Å². The van der Waals surface area contributed by atoms with E-state index in [-0.39, 0.29) is 12.1 Å². The first kappa shape index (κ1) is 16.0. The van der Waals surface area contributed by atoms with Crippen LogP contribution in [0.15, 0.2) is 42.5 Å². The van der Waals surface area contributed by atoms with Crippen LogP contribution in [0.4, 0.5) is 0 Å². The number of rotatable bonds is 7. The Morgan fingerprint density at radius 3 is 2.43 bits per heavy atom. The van der Waals surface area contributed by atoms with Gasteiger partial charge in [0.2, 0.25) is 0 Å². The second-order valence-corrected chi connectivity index (χ2v) is 5.96. The Bertz CT molecular complexity index is 559. The van der Waals surface area contributed by atoms with Crippen LogP contribution in [0.5, 0.6) is 0 Å². The van der Waals surface area contributed by atoms with E-state index in [1.807, 2.05) is 0 Å². The van der Waals surface area contributed by atoms with Gasteiger partial charge in [-0.15, -0.1) is 0 Å². The highest BCUT2D eigenvalue weighted by Gasteiger charge is 2.16. The average molecular weight is 285 g/mol. The number of hydrogen-bond donors (Lipinski definition) is 1. The fourth-order valence-corrected chi connectivity index (χ4v) is 2.50. The summed E-state index contributed by atoms with van der Waals surface area (Å²) in [5.41, 5.74) is 1.32. The quantitative estimate of drug-likeness (QED) is 0.805. The van der Waals surface area contributed by atoms with Gasteiger partial charge in [-0.1, -0.05) is 63.2 Å². The molecule has 0 bridgehead atoms. The van der Waals surface area contributed by atoms with E-state index < -0.39 is 0 Å². The molecule has 0 saturated heterocycles. The second kappa shape index (κ2) is 7.58. The molecule has 114 valence electrons. The van der Waals surface area contributed by atoms with Crippen molar-refractivity contribution in [2.75, 3.05) is 13.2 Å². The first-order valence-corrected chi connectivity index (χ1v) is 7.96. The van der Waals surface area contributed by atoms with Crippen molar-refractivity contribution in [3.8, 4) is 0 Å². The highest BCUT2D eigenvalue weighted by Crippen LogP contribution is 2.25. The number of hydrogen-bond acceptors (Lipinski definition) is 2. The maximum absolute atomic E-state index is 6.06. The third-order valence-electron chi connectivity index (χ3n) is 4.11. The number of likely N-dealkylation sites (N-methyl/N-ethyl adjacent to an activating group) is 1. The molecule has 1 N–H and O–H groups in total. The Morgan fingerprint density at radius 1 is 1.00 bits per heavy atom. The van der Waals surface area contributed by atoms with Crippen molar-refractivity contribution in [2.24, 2.45) is 5.92 Å². The van der Waals surface area contributed by atoms with Gasteiger partial charge in [-0.25, -0.2) is 0 Å². The molecule has 2 aromatic carbocycles. The number of fused-ring (bicyclic) bond motifs is 1. The van der Waals surface area contributed by atoms with Crippen molar-refractivity contribution in [3.05, 3.63) is 48.0 Å². The zero-order chi connectivity index (χ0) is 15.2. The summed E-state index contributed by atoms with van der Waals surface area (Å²) in [5, 5.41) is 6.16. The van der Waals surface area contributed by atoms with Gasteiger partial charge in [0.05, 0.1) is 18.8 Å². The van der Waals surface area contributed by atoms with Crippen LogP contribution in [-0.4, -0.2) is 19.3 Å². The molecule has 0 aliphatic heterocycles. The van der Waals surface area contributed by atoms with Crippen molar-refractivity contribution in [1.29, 1.82) is 0 Å². The predicted molar refractivity (Wildman–Crippen MR) is 90.6 cm³/mol. The molecule has 0 heterocycles. The summed E-state index contributed by atoms with van der Waals surface area (Å²) in [7, 11) is 0. The summed E-state index contributed by atoms with van der Waals surface area (Å²) in [4.78, 5) is 0. The second-order valence-electron chi connectivity index (χ2n) is 5.96. The van der Waals surface area contributed by atoms with Crippen molar-refractivity contribution >= 4 is 10.8 Å². The van der Waals surface area contributed by atoms with Crippen molar-refractivity contribution < 1.29 is 4.74 Å². The molecule has 0 aliphatic carbocycles. The molecule has 2 heteroatoms. The maximum atomic E-state index is 6.06. The topological polar surface area (TPSA) is 21.3 Å². The minimum Gasteiger partial charge on any atom is -0.376 e. The summed E-state index contributed by atoms with van der Waals surface area (Å²) in [5.74, 6) is 0.541. The Morgan fingerprint density at radius 2 is 1.71 bits per heavy atom. The standard InChI is InChI=1S/C19H27NO/c1-5-20-19(13-21-15(4)14(2)3)18-12-8-10-16-9-6-7-11-17(16)18/h6-12,14-15,19-20H,5,13H2,1-4H3. The smallest absolute Gasteiger partial charge is 0.0665 e. The van der Waals surface area contributed by atoms with Crippen molar-refractivity contribution in [3.63, 3.8) is 0 Å². The lowest BCUT2D eigenvalue weighted by molar-refractivity contribution is 0.0222. The van der Waals surface area contributed by atoms with Crippen molar-refractivity contribution in [2.45, 2.75) is 39.8 Å². The fourth-order valence-electron chi connectivity index (χ4n) is 2.50. The van der Waals surface area contributed by atoms with E-state index in [0.29, 0.717) is 12.5 Å². The fraction of sp³-hybridized carbons (Fsp3) is 0.474. The Hall–Kier alpha value is -1.38. The van der Waals surface area contributed by atoms with Crippen LogP contribution in [0.1, 0.15) is 39.3 Å². The van der Waals surface area contributed by atoms with Gasteiger partial charge in [0.25, 0.3) is 0 Å². The van der Waals surface area contributed by atoms with Gasteiger partial charge >= 0.3 is 0 Å². The third-order valence-corrected chi connectivity index (χ3v) is 4.11. The predicted octanol–water partition coefficient (Wildman–Crippen LogP) is 4.55. The lowest BCUT2D eigenvalue weighted by Crippen LogP contribution is -2.28. The van der Waals surface area contributed by atoms with Gasteiger partial charge in [-0.3, -0.25) is 0 Å². The van der Waals surface area contributed by atoms with Crippen LogP contribution < -0.4 is 5.32 Å². The number of benzene rings is 2. The highest BCUT2D eigenvalue weighted by atomic mass is 16.5. The van der Waals surface area contributed by atoms with E-state index in [0.717, 1.165) is 6.54 Å². The molecular formula is C19H27NO. The Labute approximate surface area is 128 Å². The minimum absolute atomic E-state index is 0.238. The molecule has 0 aromatic heterocycles. The average Bonchev–Trinajstić information content (AvgIpc) is 2.50. The van der Waals surface area contributed by atoms with Crippen molar-refractivity contribution in [1.82, 2.24) is 5.32 Å². The maximum Gasteiger partial charge on any atom is 0.0665 e. The molecule has 21 heavy (non-hydrogen) atoms. The molecule has 0 radical (unpaired) electrons. The SMILES string of the molecule is CCNC(COC(C)C(C)C)c1cccc2ccccc12. The molecule has 0 fully saturated rings. The molecule has 2 rings (SSSR count). The number of nitrogens with one attached hydrogen (secondary N) is 1. The van der Waals surface area contributed by atoms with Gasteiger partial charge < -0.3 is 10.1 Å². The van der Waals surface area contributed by atoms with Crippen LogP contribution in [0, 0.1) is 5.92 Å². The first-order valence-electron chi connectivity index (χ1n) is 7.96. The molecule has 0 saturated carbocycles. The summed E-state index contributed by atoms with van der Waals surface area (Å²) < 4.78 is 6.06. The van der Waals surface area contributed by atoms with Gasteiger partial charge in [-0.2, -0.15) is 0 Å². The van der Waals surface area contributed by atoms with E-state index in [9.17, 15) is 0 Å². The molecule has 0 amide bonds. The highest BCUT2D eigenvalue weighted by molar-refractivity contribution is 5.86. The molecule has 0 spiro atoms. The summed E-state index contributed by atoms with van der Waals surface area (Å²) >= 11 is 0. The Balaban J connectivity index is 2.23. The first-order chi connectivity index (χ1) is 10.1. The molecular weight excluding hydrogens is 258 g/mol. The van der Waals surface area contributed by atoms with Crippen LogP contribution in [-0.2, 0) is 4.74 Å². The Kier molecular flexibility index (Phi) is 5.77. The lowest BCUT2D eigenvalue weighted by atomic mass is 9.99. The van der Waals surface area contributed by atoms with Crippen LogP contribution in [0.3, 0.4) is 0 Å². The van der Waals surface area contributed by atoms with E-state index >= 15 is 0 Å². The van der Waals surface area contributed by atoms with Gasteiger partial charge in [0.1, 0.15) is 0 Å². The molecule has 2 atom stereocenters. The van der Waals surface area contributed by atoms with Gasteiger partial charge in [0, 0.05) is 0 Å². The molecule has 0 aliphatic rings. The lowest BCUT2D eigenvalue weighted by Gasteiger charge is -2.24. The summed E-state index contributed by atoms with van der Waals surface area (Å²) in [6.07, 6.45) is 0.279. The summed E-state index contributed by atoms with van der Waals surface area (Å²) in [6, 6.07) is 15.3. The zero-order valence-electron chi connectivity index (χ0n) is 13.6. The van der Waals surface area contributed by atoms with Crippen LogP contribution in [0.25, 0.3) is 10.8 Å². The van der Waals surface area contributed by atoms with E-state index in [2.05, 4.69) is 75.5 Å². The normalized spacial score (nSPS) is 14.5. The van der Waals surface area contributed by atoms with Crippen LogP contribution >= 0.6 is 0 Å². The largest absolute Gasteiger partial charge is 0.376 e. The van der Waals surface area contributed by atoms with Gasteiger partial charge in [-0.05, 0) is 35.7 Å². The van der Waals surface area contributed by atoms with Gasteiger partial charge in [0.15, 0.2) is 0 Å². The number of ether oxygens (including phenoxy) is 1. The minimum atomic E-state index is 0.238. The van der Waals surface area contributed by atoms with E-state index in [1.165, 1.54) is 16.3 Å². The molecule has 2 nitrogen and oxygen atoms in total. The van der Waals surface area contributed by atoms with E-state index in [1.54, 1.807) is 0 Å². The monoisotopic (exact) mass is 285 g/mol. The van der Waals surface area contributed by atoms with Crippen LogP contribution in [0.2, 0.25) is 0 Å². The molecule has 2 unspecified atom stereocenters. The zero-order valence-corrected chi connectivity index (χ0v) is 13.6.